The van der Waals surface area contributed by atoms with Gasteiger partial charge in [0.1, 0.15) is 12.1 Å². The summed E-state index contributed by atoms with van der Waals surface area (Å²) >= 11 is 0. The van der Waals surface area contributed by atoms with Gasteiger partial charge in [0, 0.05) is 12.3 Å². The standard InChI is InChI=1S/C29H55NO4/c1-5-7-9-11-12-13-14-15-17-19-26(34-29(32)27(30-23-31)20-24(3)4)21-28-25(22-33-28)18-16-10-8-6-2/h23-28H,5-22H2,1-4H3,(H,30,31)/t25-,26+,27+,28+/m1/s1. The molecule has 0 saturated carbocycles. The van der Waals surface area contributed by atoms with Crippen LogP contribution in [0.25, 0.3) is 0 Å². The van der Waals surface area contributed by atoms with Crippen LogP contribution in [0, 0.1) is 11.8 Å². The maximum Gasteiger partial charge on any atom is 0.328 e. The summed E-state index contributed by atoms with van der Waals surface area (Å²) in [5.74, 6) is 0.615. The molecule has 1 aliphatic heterocycles. The fraction of sp³-hybridized carbons (Fsp3) is 0.931. The Bertz CT molecular complexity index is 510. The molecule has 1 heterocycles. The molecule has 0 aliphatic carbocycles. The minimum atomic E-state index is -0.560. The number of unbranched alkanes of at least 4 members (excludes halogenated alkanes) is 11. The van der Waals surface area contributed by atoms with Crippen molar-refractivity contribution < 1.29 is 19.1 Å². The zero-order valence-corrected chi connectivity index (χ0v) is 22.8. The Morgan fingerprint density at radius 1 is 0.941 bits per heavy atom. The van der Waals surface area contributed by atoms with Crippen LogP contribution in [-0.4, -0.2) is 37.2 Å². The predicted molar refractivity (Wildman–Crippen MR) is 141 cm³/mol. The molecule has 1 rings (SSSR count). The van der Waals surface area contributed by atoms with Gasteiger partial charge in [-0.15, -0.1) is 0 Å². The Balaban J connectivity index is 2.50. The summed E-state index contributed by atoms with van der Waals surface area (Å²) in [7, 11) is 0. The molecule has 0 bridgehead atoms. The van der Waals surface area contributed by atoms with Crippen LogP contribution in [0.3, 0.4) is 0 Å². The third-order valence-corrected chi connectivity index (χ3v) is 7.15. The van der Waals surface area contributed by atoms with Gasteiger partial charge in [-0.05, 0) is 31.6 Å². The Morgan fingerprint density at radius 2 is 1.53 bits per heavy atom. The number of carbonyl (C=O) groups is 2. The van der Waals surface area contributed by atoms with E-state index in [9.17, 15) is 9.59 Å². The van der Waals surface area contributed by atoms with Gasteiger partial charge in [-0.2, -0.15) is 0 Å². The Morgan fingerprint density at radius 3 is 2.06 bits per heavy atom. The Labute approximate surface area is 210 Å². The van der Waals surface area contributed by atoms with Crippen molar-refractivity contribution >= 4 is 12.4 Å². The van der Waals surface area contributed by atoms with Crippen LogP contribution in [0.15, 0.2) is 0 Å². The number of ether oxygens (including phenoxy) is 2. The highest BCUT2D eigenvalue weighted by molar-refractivity contribution is 5.78. The van der Waals surface area contributed by atoms with E-state index in [1.807, 2.05) is 0 Å². The summed E-state index contributed by atoms with van der Waals surface area (Å²) in [6.07, 6.45) is 20.9. The average Bonchev–Trinajstić information content (AvgIpc) is 2.79. The maximum atomic E-state index is 12.9. The lowest BCUT2D eigenvalue weighted by atomic mass is 9.87. The first-order valence-corrected chi connectivity index (χ1v) is 14.5. The first-order valence-electron chi connectivity index (χ1n) is 14.5. The minimum Gasteiger partial charge on any atom is -0.461 e. The molecule has 1 amide bonds. The van der Waals surface area contributed by atoms with Crippen molar-refractivity contribution in [3.63, 3.8) is 0 Å². The van der Waals surface area contributed by atoms with E-state index in [4.69, 9.17) is 9.47 Å². The Hall–Kier alpha value is -1.10. The number of esters is 1. The number of rotatable bonds is 23. The highest BCUT2D eigenvalue weighted by Crippen LogP contribution is 2.31. The van der Waals surface area contributed by atoms with E-state index in [2.05, 4.69) is 33.0 Å². The lowest BCUT2D eigenvalue weighted by molar-refractivity contribution is -0.164. The van der Waals surface area contributed by atoms with Gasteiger partial charge in [-0.3, -0.25) is 4.79 Å². The first kappa shape index (κ1) is 30.9. The monoisotopic (exact) mass is 481 g/mol. The van der Waals surface area contributed by atoms with Crippen LogP contribution in [0.2, 0.25) is 0 Å². The van der Waals surface area contributed by atoms with Crippen molar-refractivity contribution in [1.29, 1.82) is 0 Å². The molecule has 0 unspecified atom stereocenters. The molecule has 0 spiro atoms. The predicted octanol–water partition coefficient (Wildman–Crippen LogP) is 7.36. The van der Waals surface area contributed by atoms with Crippen molar-refractivity contribution in [2.45, 2.75) is 155 Å². The second kappa shape index (κ2) is 20.1. The lowest BCUT2D eigenvalue weighted by Gasteiger charge is -2.39. The van der Waals surface area contributed by atoms with Crippen molar-refractivity contribution in [3.8, 4) is 0 Å². The van der Waals surface area contributed by atoms with Gasteiger partial charge in [-0.25, -0.2) is 4.79 Å². The molecule has 1 aliphatic rings. The third-order valence-electron chi connectivity index (χ3n) is 7.15. The highest BCUT2D eigenvalue weighted by atomic mass is 16.6. The van der Waals surface area contributed by atoms with E-state index in [1.165, 1.54) is 83.5 Å². The van der Waals surface area contributed by atoms with E-state index < -0.39 is 6.04 Å². The summed E-state index contributed by atoms with van der Waals surface area (Å²) in [5.41, 5.74) is 0. The molecule has 4 atom stereocenters. The van der Waals surface area contributed by atoms with Crippen molar-refractivity contribution in [2.24, 2.45) is 11.8 Å². The molecule has 0 radical (unpaired) electrons. The summed E-state index contributed by atoms with van der Waals surface area (Å²) in [6.45, 7) is 9.45. The summed E-state index contributed by atoms with van der Waals surface area (Å²) in [5, 5.41) is 2.67. The van der Waals surface area contributed by atoms with Gasteiger partial charge in [0.15, 0.2) is 0 Å². The van der Waals surface area contributed by atoms with Gasteiger partial charge in [0.05, 0.1) is 12.7 Å². The molecule has 0 aromatic heterocycles. The van der Waals surface area contributed by atoms with Crippen LogP contribution in [0.1, 0.15) is 137 Å². The lowest BCUT2D eigenvalue weighted by Crippen LogP contribution is -2.44. The molecule has 200 valence electrons. The van der Waals surface area contributed by atoms with E-state index in [-0.39, 0.29) is 18.2 Å². The number of amides is 1. The van der Waals surface area contributed by atoms with Gasteiger partial charge in [0.2, 0.25) is 6.41 Å². The quantitative estimate of drug-likeness (QED) is 0.0941. The summed E-state index contributed by atoms with van der Waals surface area (Å²) in [6, 6.07) is -0.560. The molecule has 1 N–H and O–H groups in total. The molecule has 1 fully saturated rings. The fourth-order valence-corrected chi connectivity index (χ4v) is 4.93. The molecule has 34 heavy (non-hydrogen) atoms. The third kappa shape index (κ3) is 14.3. The van der Waals surface area contributed by atoms with Gasteiger partial charge >= 0.3 is 5.97 Å². The van der Waals surface area contributed by atoms with E-state index >= 15 is 0 Å². The van der Waals surface area contributed by atoms with Crippen LogP contribution in [0.5, 0.6) is 0 Å². The van der Waals surface area contributed by atoms with Crippen molar-refractivity contribution in [2.75, 3.05) is 6.61 Å². The molecule has 0 aromatic carbocycles. The highest BCUT2D eigenvalue weighted by Gasteiger charge is 2.35. The zero-order chi connectivity index (χ0) is 25.0. The van der Waals surface area contributed by atoms with Crippen LogP contribution in [-0.2, 0) is 19.1 Å². The SMILES string of the molecule is CCCCCCCCCCC[C@@H](C[C@@H]1OC[C@H]1CCCCCC)OC(=O)[C@H](CC(C)C)NC=O. The number of nitrogens with one attached hydrogen (secondary N) is 1. The van der Waals surface area contributed by atoms with Crippen molar-refractivity contribution in [1.82, 2.24) is 5.32 Å². The smallest absolute Gasteiger partial charge is 0.328 e. The average molecular weight is 482 g/mol. The largest absolute Gasteiger partial charge is 0.461 e. The molecular weight excluding hydrogens is 426 g/mol. The second-order valence-electron chi connectivity index (χ2n) is 10.9. The van der Waals surface area contributed by atoms with Crippen LogP contribution < -0.4 is 5.32 Å². The number of hydrogen-bond donors (Lipinski definition) is 1. The van der Waals surface area contributed by atoms with Crippen LogP contribution in [0.4, 0.5) is 0 Å². The zero-order valence-electron chi connectivity index (χ0n) is 22.8. The van der Waals surface area contributed by atoms with Crippen molar-refractivity contribution in [3.05, 3.63) is 0 Å². The Kier molecular flexibility index (Phi) is 18.3. The van der Waals surface area contributed by atoms with Gasteiger partial charge < -0.3 is 14.8 Å². The first-order chi connectivity index (χ1) is 16.5. The number of hydrogen-bond acceptors (Lipinski definition) is 4. The molecule has 5 heteroatoms. The molecular formula is C29H55NO4. The second-order valence-corrected chi connectivity index (χ2v) is 10.9. The van der Waals surface area contributed by atoms with E-state index in [1.54, 1.807) is 0 Å². The number of carbonyl (C=O) groups excluding carboxylic acids is 2. The van der Waals surface area contributed by atoms with Gasteiger partial charge in [0.25, 0.3) is 0 Å². The van der Waals surface area contributed by atoms with Crippen LogP contribution >= 0.6 is 0 Å². The fourth-order valence-electron chi connectivity index (χ4n) is 4.93. The minimum absolute atomic E-state index is 0.122. The van der Waals surface area contributed by atoms with Gasteiger partial charge in [-0.1, -0.05) is 105 Å². The normalized spacial score (nSPS) is 19.4. The van der Waals surface area contributed by atoms with E-state index in [0.717, 1.165) is 25.9 Å². The molecule has 5 nitrogen and oxygen atoms in total. The summed E-state index contributed by atoms with van der Waals surface area (Å²) < 4.78 is 11.9. The topological polar surface area (TPSA) is 64.6 Å². The van der Waals surface area contributed by atoms with E-state index in [0.29, 0.717) is 24.7 Å². The molecule has 0 aromatic rings. The summed E-state index contributed by atoms with van der Waals surface area (Å²) in [4.78, 5) is 23.9. The molecule has 1 saturated heterocycles. The maximum absolute atomic E-state index is 12.9.